The SMILES string of the molecule is CCCNC(=O)CSCc1ccnc(C#N)c1. The molecule has 1 N–H and O–H groups in total. The van der Waals surface area contributed by atoms with Crippen LogP contribution in [0.4, 0.5) is 0 Å². The molecule has 0 spiro atoms. The van der Waals surface area contributed by atoms with E-state index in [1.165, 1.54) is 11.8 Å². The fourth-order valence-electron chi connectivity index (χ4n) is 1.20. The van der Waals surface area contributed by atoms with Crippen LogP contribution in [0.25, 0.3) is 0 Å². The van der Waals surface area contributed by atoms with Crippen LogP contribution in [0.1, 0.15) is 24.6 Å². The summed E-state index contributed by atoms with van der Waals surface area (Å²) < 4.78 is 0. The van der Waals surface area contributed by atoms with Gasteiger partial charge in [-0.3, -0.25) is 4.79 Å². The lowest BCUT2D eigenvalue weighted by Crippen LogP contribution is -2.25. The van der Waals surface area contributed by atoms with Gasteiger partial charge in [0.1, 0.15) is 11.8 Å². The maximum atomic E-state index is 11.3. The Balaban J connectivity index is 2.31. The number of hydrogen-bond donors (Lipinski definition) is 1. The monoisotopic (exact) mass is 249 g/mol. The topological polar surface area (TPSA) is 65.8 Å². The molecule has 0 atom stereocenters. The van der Waals surface area contributed by atoms with Crippen LogP contribution in [-0.2, 0) is 10.5 Å². The first-order valence-electron chi connectivity index (χ1n) is 5.45. The minimum atomic E-state index is 0.0615. The number of carbonyl (C=O) groups is 1. The summed E-state index contributed by atoms with van der Waals surface area (Å²) in [7, 11) is 0. The highest BCUT2D eigenvalue weighted by molar-refractivity contribution is 7.99. The highest BCUT2D eigenvalue weighted by Crippen LogP contribution is 2.11. The second-order valence-electron chi connectivity index (χ2n) is 3.50. The predicted octanol–water partition coefficient (Wildman–Crippen LogP) is 1.71. The summed E-state index contributed by atoms with van der Waals surface area (Å²) in [5, 5.41) is 11.5. The molecule has 0 bridgehead atoms. The number of nitrogens with one attached hydrogen (secondary N) is 1. The molecule has 0 fully saturated rings. The molecule has 90 valence electrons. The molecule has 0 aliphatic carbocycles. The number of carbonyl (C=O) groups excluding carboxylic acids is 1. The average Bonchev–Trinajstić information content (AvgIpc) is 2.36. The van der Waals surface area contributed by atoms with E-state index in [-0.39, 0.29) is 5.91 Å². The summed E-state index contributed by atoms with van der Waals surface area (Å²) >= 11 is 1.53. The quantitative estimate of drug-likeness (QED) is 0.833. The largest absolute Gasteiger partial charge is 0.355 e. The standard InChI is InChI=1S/C12H15N3OS/c1-2-4-15-12(16)9-17-8-10-3-5-14-11(6-10)7-13/h3,5-6H,2,4,8-9H2,1H3,(H,15,16). The first-order chi connectivity index (χ1) is 8.26. The van der Waals surface area contributed by atoms with Crippen molar-refractivity contribution in [2.24, 2.45) is 0 Å². The molecular weight excluding hydrogens is 234 g/mol. The summed E-state index contributed by atoms with van der Waals surface area (Å²) in [6.45, 7) is 2.75. The van der Waals surface area contributed by atoms with Crippen molar-refractivity contribution in [3.05, 3.63) is 29.6 Å². The molecule has 1 heterocycles. The van der Waals surface area contributed by atoms with Crippen LogP contribution in [0.3, 0.4) is 0 Å². The lowest BCUT2D eigenvalue weighted by atomic mass is 10.2. The van der Waals surface area contributed by atoms with Gasteiger partial charge in [0.15, 0.2) is 0 Å². The van der Waals surface area contributed by atoms with Gasteiger partial charge in [-0.1, -0.05) is 6.92 Å². The van der Waals surface area contributed by atoms with E-state index in [9.17, 15) is 4.79 Å². The first-order valence-corrected chi connectivity index (χ1v) is 6.61. The van der Waals surface area contributed by atoms with Crippen molar-refractivity contribution in [2.45, 2.75) is 19.1 Å². The highest BCUT2D eigenvalue weighted by Gasteiger charge is 2.01. The van der Waals surface area contributed by atoms with Crippen molar-refractivity contribution in [3.63, 3.8) is 0 Å². The van der Waals surface area contributed by atoms with Crippen molar-refractivity contribution in [1.29, 1.82) is 5.26 Å². The van der Waals surface area contributed by atoms with Gasteiger partial charge in [0, 0.05) is 18.5 Å². The Bertz CT molecular complexity index is 414. The third kappa shape index (κ3) is 5.36. The summed E-state index contributed by atoms with van der Waals surface area (Å²) in [4.78, 5) is 15.2. The number of pyridine rings is 1. The summed E-state index contributed by atoms with van der Waals surface area (Å²) in [6.07, 6.45) is 2.57. The molecule has 1 aromatic heterocycles. The second-order valence-corrected chi connectivity index (χ2v) is 4.49. The van der Waals surface area contributed by atoms with Gasteiger partial charge in [0.2, 0.25) is 5.91 Å². The van der Waals surface area contributed by atoms with Gasteiger partial charge in [-0.2, -0.15) is 5.26 Å². The predicted molar refractivity (Wildman–Crippen MR) is 68.4 cm³/mol. The zero-order valence-corrected chi connectivity index (χ0v) is 10.6. The van der Waals surface area contributed by atoms with Crippen LogP contribution in [-0.4, -0.2) is 23.2 Å². The number of hydrogen-bond acceptors (Lipinski definition) is 4. The molecule has 0 unspecified atom stereocenters. The lowest BCUT2D eigenvalue weighted by molar-refractivity contribution is -0.118. The first kappa shape index (κ1) is 13.5. The molecule has 0 radical (unpaired) electrons. The van der Waals surface area contributed by atoms with Crippen LogP contribution >= 0.6 is 11.8 Å². The molecule has 0 aromatic carbocycles. The Morgan fingerprint density at radius 2 is 2.47 bits per heavy atom. The van der Waals surface area contributed by atoms with E-state index in [2.05, 4.69) is 10.3 Å². The number of thioether (sulfide) groups is 1. The van der Waals surface area contributed by atoms with Gasteiger partial charge in [0.05, 0.1) is 5.75 Å². The molecule has 17 heavy (non-hydrogen) atoms. The Morgan fingerprint density at radius 3 is 3.18 bits per heavy atom. The number of rotatable bonds is 6. The van der Waals surface area contributed by atoms with E-state index in [1.54, 1.807) is 12.3 Å². The summed E-state index contributed by atoms with van der Waals surface area (Å²) in [6, 6.07) is 5.60. The molecule has 0 saturated heterocycles. The van der Waals surface area contributed by atoms with Crippen LogP contribution in [0.15, 0.2) is 18.3 Å². The van der Waals surface area contributed by atoms with Crippen LogP contribution in [0.2, 0.25) is 0 Å². The van der Waals surface area contributed by atoms with Crippen molar-refractivity contribution < 1.29 is 4.79 Å². The summed E-state index contributed by atoms with van der Waals surface area (Å²) in [5.74, 6) is 1.23. The molecule has 0 aliphatic heterocycles. The van der Waals surface area contributed by atoms with E-state index in [0.29, 0.717) is 11.4 Å². The fourth-order valence-corrected chi connectivity index (χ4v) is 2.01. The number of nitriles is 1. The molecule has 1 amide bonds. The molecule has 1 aromatic rings. The molecule has 1 rings (SSSR count). The van der Waals surface area contributed by atoms with E-state index in [4.69, 9.17) is 5.26 Å². The Morgan fingerprint density at radius 1 is 1.65 bits per heavy atom. The maximum absolute atomic E-state index is 11.3. The lowest BCUT2D eigenvalue weighted by Gasteiger charge is -2.03. The minimum Gasteiger partial charge on any atom is -0.355 e. The van der Waals surface area contributed by atoms with Gasteiger partial charge >= 0.3 is 0 Å². The van der Waals surface area contributed by atoms with Crippen molar-refractivity contribution >= 4 is 17.7 Å². The maximum Gasteiger partial charge on any atom is 0.230 e. The Kier molecular flexibility index (Phi) is 6.12. The third-order valence-corrected chi connectivity index (χ3v) is 3.02. The van der Waals surface area contributed by atoms with Gasteiger partial charge < -0.3 is 5.32 Å². The Labute approximate surface area is 105 Å². The zero-order chi connectivity index (χ0) is 12.5. The van der Waals surface area contributed by atoms with Crippen molar-refractivity contribution in [1.82, 2.24) is 10.3 Å². The van der Waals surface area contributed by atoms with E-state index in [1.807, 2.05) is 19.1 Å². The Hall–Kier alpha value is -1.54. The number of nitrogens with zero attached hydrogens (tertiary/aromatic N) is 2. The van der Waals surface area contributed by atoms with E-state index < -0.39 is 0 Å². The van der Waals surface area contributed by atoms with E-state index >= 15 is 0 Å². The van der Waals surface area contributed by atoms with Crippen LogP contribution in [0, 0.1) is 11.3 Å². The second kappa shape index (κ2) is 7.69. The minimum absolute atomic E-state index is 0.0615. The van der Waals surface area contributed by atoms with Crippen molar-refractivity contribution in [2.75, 3.05) is 12.3 Å². The molecule has 0 aliphatic rings. The van der Waals surface area contributed by atoms with Gasteiger partial charge in [-0.15, -0.1) is 11.8 Å². The summed E-state index contributed by atoms with van der Waals surface area (Å²) in [5.41, 5.74) is 1.43. The highest BCUT2D eigenvalue weighted by atomic mass is 32.2. The van der Waals surface area contributed by atoms with Gasteiger partial charge in [-0.05, 0) is 24.1 Å². The van der Waals surface area contributed by atoms with Crippen LogP contribution < -0.4 is 5.32 Å². The van der Waals surface area contributed by atoms with Crippen molar-refractivity contribution in [3.8, 4) is 6.07 Å². The average molecular weight is 249 g/mol. The van der Waals surface area contributed by atoms with Gasteiger partial charge in [-0.25, -0.2) is 4.98 Å². The van der Waals surface area contributed by atoms with E-state index in [0.717, 1.165) is 24.3 Å². The molecule has 5 heteroatoms. The third-order valence-electron chi connectivity index (χ3n) is 2.01. The van der Waals surface area contributed by atoms with Crippen LogP contribution in [0.5, 0.6) is 0 Å². The number of aromatic nitrogens is 1. The fraction of sp³-hybridized carbons (Fsp3) is 0.417. The normalized spacial score (nSPS) is 9.65. The number of amides is 1. The smallest absolute Gasteiger partial charge is 0.230 e. The zero-order valence-electron chi connectivity index (χ0n) is 9.77. The van der Waals surface area contributed by atoms with Gasteiger partial charge in [0.25, 0.3) is 0 Å². The molecular formula is C12H15N3OS. The molecule has 4 nitrogen and oxygen atoms in total. The molecule has 0 saturated carbocycles.